The zero-order valence-corrected chi connectivity index (χ0v) is 17.9. The maximum absolute atomic E-state index is 12.9. The predicted molar refractivity (Wildman–Crippen MR) is 110 cm³/mol. The number of benzene rings is 1. The van der Waals surface area contributed by atoms with Crippen molar-refractivity contribution in [3.8, 4) is 11.8 Å². The predicted octanol–water partition coefficient (Wildman–Crippen LogP) is 2.23. The Balaban J connectivity index is 3.06. The lowest BCUT2D eigenvalue weighted by Crippen LogP contribution is -2.48. The van der Waals surface area contributed by atoms with Crippen molar-refractivity contribution in [3.63, 3.8) is 0 Å². The molecule has 1 aromatic carbocycles. The molecule has 1 unspecified atom stereocenters. The number of hydrogen-bond donors (Lipinski definition) is 3. The molecule has 0 radical (unpaired) electrons. The van der Waals surface area contributed by atoms with Gasteiger partial charge in [0.2, 0.25) is 11.8 Å². The number of amides is 3. The van der Waals surface area contributed by atoms with E-state index in [1.54, 1.807) is 20.8 Å². The number of phenols is 1. The van der Waals surface area contributed by atoms with Crippen LogP contribution in [0, 0.1) is 11.3 Å². The molecule has 0 saturated carbocycles. The highest BCUT2D eigenvalue weighted by atomic mass is 16.6. The average Bonchev–Trinajstić information content (AvgIpc) is 2.66. The highest BCUT2D eigenvalue weighted by Gasteiger charge is 2.31. The third kappa shape index (κ3) is 8.39. The van der Waals surface area contributed by atoms with Gasteiger partial charge in [0.1, 0.15) is 30.5 Å². The van der Waals surface area contributed by atoms with Crippen LogP contribution >= 0.6 is 0 Å². The number of unbranched alkanes of at least 4 members (excludes halogenated alkanes) is 1. The van der Waals surface area contributed by atoms with Gasteiger partial charge in [-0.25, -0.2) is 4.79 Å². The number of hydrogen-bond acceptors (Lipinski definition) is 6. The van der Waals surface area contributed by atoms with E-state index in [4.69, 9.17) is 4.74 Å². The Morgan fingerprint density at radius 1 is 1.20 bits per heavy atom. The highest BCUT2D eigenvalue weighted by molar-refractivity contribution is 5.90. The Morgan fingerprint density at radius 2 is 1.83 bits per heavy atom. The number of phenolic OH excluding ortho intramolecular Hbond substituents is 1. The van der Waals surface area contributed by atoms with Gasteiger partial charge in [-0.05, 0) is 44.9 Å². The molecule has 0 aliphatic carbocycles. The van der Waals surface area contributed by atoms with Gasteiger partial charge in [0.15, 0.2) is 0 Å². The molecule has 0 saturated heterocycles. The van der Waals surface area contributed by atoms with Gasteiger partial charge >= 0.3 is 6.09 Å². The summed E-state index contributed by atoms with van der Waals surface area (Å²) in [5, 5.41) is 23.9. The number of ether oxygens (including phenoxy) is 1. The van der Waals surface area contributed by atoms with E-state index in [1.807, 2.05) is 13.0 Å². The lowest BCUT2D eigenvalue weighted by molar-refractivity contribution is -0.139. The van der Waals surface area contributed by atoms with Crippen LogP contribution in [0.3, 0.4) is 0 Å². The Labute approximate surface area is 177 Å². The van der Waals surface area contributed by atoms with Crippen molar-refractivity contribution < 1.29 is 24.2 Å². The minimum absolute atomic E-state index is 0.00800. The van der Waals surface area contributed by atoms with Gasteiger partial charge in [0.05, 0.1) is 6.07 Å². The number of nitriles is 1. The van der Waals surface area contributed by atoms with E-state index in [0.29, 0.717) is 12.1 Å². The molecule has 0 heterocycles. The zero-order valence-electron chi connectivity index (χ0n) is 17.9. The van der Waals surface area contributed by atoms with E-state index < -0.39 is 36.1 Å². The summed E-state index contributed by atoms with van der Waals surface area (Å²) in [4.78, 5) is 38.6. The summed E-state index contributed by atoms with van der Waals surface area (Å²) in [6, 6.07) is 6.62. The molecule has 9 nitrogen and oxygen atoms in total. The first-order valence-electron chi connectivity index (χ1n) is 9.79. The lowest BCUT2D eigenvalue weighted by Gasteiger charge is -2.29. The maximum Gasteiger partial charge on any atom is 0.408 e. The van der Waals surface area contributed by atoms with Gasteiger partial charge in [0.25, 0.3) is 0 Å². The Bertz CT molecular complexity index is 765. The first-order chi connectivity index (χ1) is 14.1. The molecule has 164 valence electrons. The van der Waals surface area contributed by atoms with Crippen LogP contribution in [-0.4, -0.2) is 53.1 Å². The fourth-order valence-electron chi connectivity index (χ4n) is 2.58. The smallest absolute Gasteiger partial charge is 0.408 e. The summed E-state index contributed by atoms with van der Waals surface area (Å²) in [7, 11) is 0. The van der Waals surface area contributed by atoms with Crippen molar-refractivity contribution in [1.29, 1.82) is 5.26 Å². The molecule has 3 N–H and O–H groups in total. The second-order valence-corrected chi connectivity index (χ2v) is 7.67. The summed E-state index contributed by atoms with van der Waals surface area (Å²) >= 11 is 0. The Morgan fingerprint density at radius 3 is 2.37 bits per heavy atom. The molecule has 0 aromatic heterocycles. The molecule has 0 fully saturated rings. The largest absolute Gasteiger partial charge is 0.508 e. The first-order valence-corrected chi connectivity index (χ1v) is 9.79. The summed E-state index contributed by atoms with van der Waals surface area (Å²) in [5.74, 6) is -1.06. The normalized spacial score (nSPS) is 11.7. The molecule has 1 atom stereocenters. The molecular formula is C21H30N4O5. The van der Waals surface area contributed by atoms with Crippen molar-refractivity contribution in [2.24, 2.45) is 0 Å². The fraction of sp³-hybridized carbons (Fsp3) is 0.524. The van der Waals surface area contributed by atoms with Crippen molar-refractivity contribution in [3.05, 3.63) is 29.8 Å². The van der Waals surface area contributed by atoms with Crippen LogP contribution in [0.15, 0.2) is 24.3 Å². The van der Waals surface area contributed by atoms with Gasteiger partial charge in [-0.3, -0.25) is 9.59 Å². The van der Waals surface area contributed by atoms with Crippen LogP contribution in [0.5, 0.6) is 5.75 Å². The number of rotatable bonds is 9. The van der Waals surface area contributed by atoms with E-state index in [2.05, 4.69) is 10.6 Å². The van der Waals surface area contributed by atoms with Gasteiger partial charge in [-0.1, -0.05) is 25.5 Å². The van der Waals surface area contributed by atoms with E-state index in [9.17, 15) is 24.8 Å². The van der Waals surface area contributed by atoms with Crippen LogP contribution in [-0.2, 0) is 14.3 Å². The number of alkyl carbamates (subject to hydrolysis) is 1. The number of carbonyl (C=O) groups is 3. The first kappa shape index (κ1) is 24.8. The lowest BCUT2D eigenvalue weighted by atomic mass is 10.0. The molecule has 0 bridgehead atoms. The molecule has 9 heteroatoms. The number of carbonyl (C=O) groups excluding carboxylic acids is 3. The number of nitrogens with zero attached hydrogens (tertiary/aromatic N) is 2. The molecule has 1 rings (SSSR count). The fourth-order valence-corrected chi connectivity index (χ4v) is 2.58. The monoisotopic (exact) mass is 418 g/mol. The van der Waals surface area contributed by atoms with Crippen molar-refractivity contribution in [2.45, 2.75) is 52.2 Å². The minimum Gasteiger partial charge on any atom is -0.508 e. The second kappa shape index (κ2) is 11.7. The quantitative estimate of drug-likeness (QED) is 0.416. The van der Waals surface area contributed by atoms with Gasteiger partial charge in [0, 0.05) is 6.54 Å². The molecule has 0 spiro atoms. The van der Waals surface area contributed by atoms with Gasteiger partial charge < -0.3 is 25.4 Å². The van der Waals surface area contributed by atoms with Crippen molar-refractivity contribution >= 4 is 17.9 Å². The number of nitrogens with one attached hydrogen (secondary N) is 2. The van der Waals surface area contributed by atoms with Crippen LogP contribution in [0.25, 0.3) is 0 Å². The summed E-state index contributed by atoms with van der Waals surface area (Å²) < 4.78 is 5.11. The van der Waals surface area contributed by atoms with Crippen LogP contribution in [0.2, 0.25) is 0 Å². The third-order valence-corrected chi connectivity index (χ3v) is 3.94. The summed E-state index contributed by atoms with van der Waals surface area (Å²) in [5.41, 5.74) is -0.296. The third-order valence-electron chi connectivity index (χ3n) is 3.94. The van der Waals surface area contributed by atoms with Crippen molar-refractivity contribution in [2.75, 3.05) is 19.6 Å². The van der Waals surface area contributed by atoms with E-state index >= 15 is 0 Å². The number of aromatic hydroxyl groups is 1. The average molecular weight is 418 g/mol. The van der Waals surface area contributed by atoms with E-state index in [1.165, 1.54) is 24.3 Å². The highest BCUT2D eigenvalue weighted by Crippen LogP contribution is 2.23. The molecule has 1 aromatic rings. The standard InChI is InChI=1S/C21H30N4O5/c1-5-6-12-23-19(28)18(15-7-9-16(26)10-8-15)25(13-11-22)17(27)14-24-20(29)30-21(2,3)4/h7-10,18,26H,5-6,12-14H2,1-4H3,(H,23,28)(H,24,29). The molecule has 0 aliphatic heterocycles. The molecule has 30 heavy (non-hydrogen) atoms. The second-order valence-electron chi connectivity index (χ2n) is 7.67. The van der Waals surface area contributed by atoms with Crippen LogP contribution in [0.1, 0.15) is 52.1 Å². The van der Waals surface area contributed by atoms with Crippen LogP contribution in [0.4, 0.5) is 4.79 Å². The maximum atomic E-state index is 12.9. The molecular weight excluding hydrogens is 388 g/mol. The van der Waals surface area contributed by atoms with Gasteiger partial charge in [-0.2, -0.15) is 5.26 Å². The zero-order chi connectivity index (χ0) is 22.7. The van der Waals surface area contributed by atoms with E-state index in [0.717, 1.165) is 17.7 Å². The topological polar surface area (TPSA) is 132 Å². The SMILES string of the molecule is CCCCNC(=O)C(c1ccc(O)cc1)N(CC#N)C(=O)CNC(=O)OC(C)(C)C. The molecule has 3 amide bonds. The minimum atomic E-state index is -1.09. The van der Waals surface area contributed by atoms with E-state index in [-0.39, 0.29) is 12.3 Å². The molecule has 0 aliphatic rings. The van der Waals surface area contributed by atoms with Crippen LogP contribution < -0.4 is 10.6 Å². The summed E-state index contributed by atoms with van der Waals surface area (Å²) in [6.45, 7) is 6.69. The summed E-state index contributed by atoms with van der Waals surface area (Å²) in [6.07, 6.45) is 0.868. The van der Waals surface area contributed by atoms with Gasteiger partial charge in [-0.15, -0.1) is 0 Å². The Kier molecular flexibility index (Phi) is 9.62. The van der Waals surface area contributed by atoms with Crippen molar-refractivity contribution in [1.82, 2.24) is 15.5 Å². The Hall–Kier alpha value is -3.28.